The topological polar surface area (TPSA) is 83.6 Å². The van der Waals surface area contributed by atoms with Gasteiger partial charge < -0.3 is 5.32 Å². The lowest BCUT2D eigenvalue weighted by Crippen LogP contribution is -2.26. The molecule has 1 amide bonds. The highest BCUT2D eigenvalue weighted by atomic mass is 32.2. The summed E-state index contributed by atoms with van der Waals surface area (Å²) in [4.78, 5) is 11.7. The molecule has 0 atom stereocenters. The van der Waals surface area contributed by atoms with Crippen LogP contribution in [0.15, 0.2) is 42.1 Å². The summed E-state index contributed by atoms with van der Waals surface area (Å²) in [6.07, 6.45) is 1.98. The van der Waals surface area contributed by atoms with Crippen molar-refractivity contribution in [3.8, 4) is 17.5 Å². The Kier molecular flexibility index (Phi) is 6.51. The van der Waals surface area contributed by atoms with Crippen LogP contribution in [0.25, 0.3) is 11.4 Å². The third-order valence-corrected chi connectivity index (χ3v) is 3.99. The van der Waals surface area contributed by atoms with Crippen molar-refractivity contribution in [2.75, 3.05) is 12.3 Å². The number of nitriles is 1. The lowest BCUT2D eigenvalue weighted by atomic mass is 10.2. The molecule has 0 bridgehead atoms. The highest BCUT2D eigenvalue weighted by Crippen LogP contribution is 2.24. The van der Waals surface area contributed by atoms with E-state index in [9.17, 15) is 9.18 Å². The predicted molar refractivity (Wildman–Crippen MR) is 89.6 cm³/mol. The predicted octanol–water partition coefficient (Wildman–Crippen LogP) is 2.39. The van der Waals surface area contributed by atoms with Gasteiger partial charge in [-0.25, -0.2) is 4.39 Å². The largest absolute Gasteiger partial charge is 0.354 e. The summed E-state index contributed by atoms with van der Waals surface area (Å²) >= 11 is 1.24. The first-order valence-corrected chi connectivity index (χ1v) is 8.20. The van der Waals surface area contributed by atoms with Gasteiger partial charge >= 0.3 is 0 Å². The molecule has 0 radical (unpaired) electrons. The van der Waals surface area contributed by atoms with Gasteiger partial charge in [-0.05, 0) is 24.3 Å². The molecule has 1 heterocycles. The second kappa shape index (κ2) is 8.84. The number of amides is 1. The average Bonchev–Trinajstić information content (AvgIpc) is 2.97. The minimum absolute atomic E-state index is 0.171. The van der Waals surface area contributed by atoms with Gasteiger partial charge in [0.1, 0.15) is 5.82 Å². The number of rotatable bonds is 8. The molecule has 1 N–H and O–H groups in total. The Hall–Kier alpha value is -2.66. The van der Waals surface area contributed by atoms with Crippen LogP contribution in [0.1, 0.15) is 6.42 Å². The van der Waals surface area contributed by atoms with E-state index < -0.39 is 0 Å². The number of hydrogen-bond acceptors (Lipinski definition) is 5. The van der Waals surface area contributed by atoms with E-state index in [-0.39, 0.29) is 23.9 Å². The van der Waals surface area contributed by atoms with Crippen molar-refractivity contribution in [2.45, 2.75) is 18.1 Å². The summed E-state index contributed by atoms with van der Waals surface area (Å²) in [5.41, 5.74) is 0.732. The number of allylic oxidation sites excluding steroid dienone is 1. The number of carbonyl (C=O) groups is 1. The molecule has 0 aliphatic heterocycles. The first kappa shape index (κ1) is 17.7. The Morgan fingerprint density at radius 1 is 1.42 bits per heavy atom. The first-order chi connectivity index (χ1) is 11.7. The molecule has 2 rings (SSSR count). The minimum atomic E-state index is -0.322. The van der Waals surface area contributed by atoms with Gasteiger partial charge in [-0.2, -0.15) is 5.26 Å². The Morgan fingerprint density at radius 2 is 2.17 bits per heavy atom. The molecule has 124 valence electrons. The molecule has 0 aliphatic rings. The van der Waals surface area contributed by atoms with Gasteiger partial charge in [0, 0.05) is 18.7 Å². The Balaban J connectivity index is 2.10. The van der Waals surface area contributed by atoms with Crippen molar-refractivity contribution in [1.29, 1.82) is 5.26 Å². The van der Waals surface area contributed by atoms with Gasteiger partial charge in [-0.15, -0.1) is 16.8 Å². The monoisotopic (exact) mass is 345 g/mol. The van der Waals surface area contributed by atoms with E-state index in [1.165, 1.54) is 23.9 Å². The van der Waals surface area contributed by atoms with Crippen LogP contribution < -0.4 is 5.32 Å². The molecule has 6 nitrogen and oxygen atoms in total. The summed E-state index contributed by atoms with van der Waals surface area (Å²) in [7, 11) is 0. The van der Waals surface area contributed by atoms with Crippen LogP contribution >= 0.6 is 11.8 Å². The molecular weight excluding hydrogens is 329 g/mol. The molecule has 2 aromatic rings. The summed E-state index contributed by atoms with van der Waals surface area (Å²) in [5, 5.41) is 19.9. The van der Waals surface area contributed by atoms with Crippen molar-refractivity contribution in [2.24, 2.45) is 0 Å². The van der Waals surface area contributed by atoms with Crippen molar-refractivity contribution < 1.29 is 9.18 Å². The van der Waals surface area contributed by atoms with Crippen LogP contribution in [0.4, 0.5) is 4.39 Å². The van der Waals surface area contributed by atoms with Crippen LogP contribution in [-0.4, -0.2) is 33.0 Å². The zero-order valence-electron chi connectivity index (χ0n) is 12.9. The van der Waals surface area contributed by atoms with E-state index in [1.54, 1.807) is 18.2 Å². The van der Waals surface area contributed by atoms with E-state index in [4.69, 9.17) is 5.26 Å². The van der Waals surface area contributed by atoms with E-state index in [1.807, 2.05) is 10.6 Å². The highest BCUT2D eigenvalue weighted by Gasteiger charge is 2.14. The Bertz CT molecular complexity index is 751. The van der Waals surface area contributed by atoms with Gasteiger partial charge in [0.15, 0.2) is 11.0 Å². The second-order valence-electron chi connectivity index (χ2n) is 4.76. The molecule has 24 heavy (non-hydrogen) atoms. The molecule has 0 saturated heterocycles. The Morgan fingerprint density at radius 3 is 2.83 bits per heavy atom. The number of aromatic nitrogens is 3. The van der Waals surface area contributed by atoms with Gasteiger partial charge in [0.05, 0.1) is 18.2 Å². The van der Waals surface area contributed by atoms with E-state index in [2.05, 4.69) is 22.1 Å². The molecule has 0 fully saturated rings. The second-order valence-corrected chi connectivity index (χ2v) is 5.70. The number of thioether (sulfide) groups is 1. The smallest absolute Gasteiger partial charge is 0.230 e. The Labute approximate surface area is 143 Å². The molecule has 0 aliphatic carbocycles. The van der Waals surface area contributed by atoms with Gasteiger partial charge in [-0.1, -0.05) is 17.8 Å². The summed E-state index contributed by atoms with van der Waals surface area (Å²) < 4.78 is 14.9. The number of benzene rings is 1. The molecule has 1 aromatic heterocycles. The number of halogens is 1. The molecule has 0 saturated carbocycles. The number of hydrogen-bond donors (Lipinski definition) is 1. The summed E-state index contributed by atoms with van der Waals surface area (Å²) in [6.45, 7) is 4.51. The van der Waals surface area contributed by atoms with Crippen LogP contribution in [0.2, 0.25) is 0 Å². The van der Waals surface area contributed by atoms with E-state index in [0.717, 1.165) is 5.56 Å². The zero-order valence-corrected chi connectivity index (χ0v) is 13.7. The maximum atomic E-state index is 13.1. The molecular formula is C16H16FN5OS. The maximum absolute atomic E-state index is 13.1. The molecule has 0 spiro atoms. The third kappa shape index (κ3) is 4.67. The van der Waals surface area contributed by atoms with Crippen LogP contribution in [0.5, 0.6) is 0 Å². The maximum Gasteiger partial charge on any atom is 0.230 e. The fourth-order valence-corrected chi connectivity index (χ4v) is 2.72. The summed E-state index contributed by atoms with van der Waals surface area (Å²) in [6, 6.07) is 7.93. The van der Waals surface area contributed by atoms with Crippen LogP contribution in [0.3, 0.4) is 0 Å². The third-order valence-electron chi connectivity index (χ3n) is 3.02. The number of nitrogens with zero attached hydrogens (tertiary/aromatic N) is 4. The fourth-order valence-electron chi connectivity index (χ4n) is 1.94. The van der Waals surface area contributed by atoms with Crippen molar-refractivity contribution in [1.82, 2.24) is 20.1 Å². The normalized spacial score (nSPS) is 10.2. The van der Waals surface area contributed by atoms with Crippen molar-refractivity contribution in [3.63, 3.8) is 0 Å². The van der Waals surface area contributed by atoms with Crippen molar-refractivity contribution >= 4 is 17.7 Å². The average molecular weight is 345 g/mol. The van der Waals surface area contributed by atoms with Gasteiger partial charge in [0.2, 0.25) is 5.91 Å². The van der Waals surface area contributed by atoms with Crippen LogP contribution in [-0.2, 0) is 11.3 Å². The quantitative estimate of drug-likeness (QED) is 0.451. The summed E-state index contributed by atoms with van der Waals surface area (Å²) in [5.74, 6) is 0.260. The van der Waals surface area contributed by atoms with Gasteiger partial charge in [-0.3, -0.25) is 9.36 Å². The number of carbonyl (C=O) groups excluding carboxylic acids is 1. The standard InChI is InChI=1S/C16H16FN5OS/c1-2-10-22-15(12-4-6-13(17)7-5-12)20-21-16(22)24-11-14(23)19-9-3-8-18/h2,4-7H,1,3,9-11H2,(H,19,23). The zero-order chi connectivity index (χ0) is 17.4. The number of nitrogens with one attached hydrogen (secondary N) is 1. The fraction of sp³-hybridized carbons (Fsp3) is 0.250. The van der Waals surface area contributed by atoms with Gasteiger partial charge in [0.25, 0.3) is 0 Å². The minimum Gasteiger partial charge on any atom is -0.354 e. The molecule has 1 aromatic carbocycles. The first-order valence-electron chi connectivity index (χ1n) is 7.22. The van der Waals surface area contributed by atoms with Crippen molar-refractivity contribution in [3.05, 3.63) is 42.7 Å². The lowest BCUT2D eigenvalue weighted by molar-refractivity contribution is -0.118. The van der Waals surface area contributed by atoms with E-state index >= 15 is 0 Å². The highest BCUT2D eigenvalue weighted by molar-refractivity contribution is 7.99. The SMILES string of the molecule is C=CCn1c(SCC(=O)NCCC#N)nnc1-c1ccc(F)cc1. The molecule has 8 heteroatoms. The van der Waals surface area contributed by atoms with E-state index in [0.29, 0.717) is 24.1 Å². The molecule has 0 unspecified atom stereocenters. The van der Waals surface area contributed by atoms with Crippen LogP contribution in [0, 0.1) is 17.1 Å². The lowest BCUT2D eigenvalue weighted by Gasteiger charge is -2.08.